The van der Waals surface area contributed by atoms with Gasteiger partial charge in [-0.15, -0.1) is 0 Å². The monoisotopic (exact) mass is 439 g/mol. The summed E-state index contributed by atoms with van der Waals surface area (Å²) in [6, 6.07) is 15.5. The van der Waals surface area contributed by atoms with Crippen LogP contribution in [0, 0.1) is 5.82 Å². The van der Waals surface area contributed by atoms with Gasteiger partial charge in [-0.3, -0.25) is 4.79 Å². The molecule has 160 valence electrons. The lowest BCUT2D eigenvalue weighted by atomic mass is 9.96. The minimum Gasteiger partial charge on any atom is -0.507 e. The zero-order valence-corrected chi connectivity index (χ0v) is 17.8. The summed E-state index contributed by atoms with van der Waals surface area (Å²) in [5, 5.41) is 17.5. The van der Waals surface area contributed by atoms with Crippen LogP contribution in [0.5, 0.6) is 5.75 Å². The third kappa shape index (κ3) is 4.50. The summed E-state index contributed by atoms with van der Waals surface area (Å²) in [6.45, 7) is 4.82. The Morgan fingerprint density at radius 2 is 1.71 bits per heavy atom. The number of rotatable bonds is 4. The molecule has 4 rings (SSSR count). The molecule has 5 nitrogen and oxygen atoms in total. The van der Waals surface area contributed by atoms with E-state index in [0.717, 1.165) is 37.4 Å². The highest BCUT2D eigenvalue weighted by Crippen LogP contribution is 2.41. The average molecular weight is 440 g/mol. The van der Waals surface area contributed by atoms with Gasteiger partial charge in [-0.2, -0.15) is 0 Å². The number of hydrogen-bond acceptors (Lipinski definition) is 4. The third-order valence-electron chi connectivity index (χ3n) is 5.34. The summed E-state index contributed by atoms with van der Waals surface area (Å²) in [5.41, 5.74) is 3.51. The fraction of sp³-hybridized carbons (Fsp3) is 0.208. The standard InChI is InChI=1S/C24H23ClFN3O2/c1-15(30)28-22-8-6-16(13-21(22)26)18-3-2-4-19(24(18)31)17-5-7-20(25)23(14-17)29-11-9-27-10-12-29/h2-8,13-14,27,31H,9-12H2,1H3,(H,28,30). The van der Waals surface area contributed by atoms with Crippen molar-refractivity contribution in [1.29, 1.82) is 0 Å². The number of nitrogens with zero attached hydrogens (tertiary/aromatic N) is 1. The number of piperazine rings is 1. The number of carbonyl (C=O) groups is 1. The Morgan fingerprint density at radius 3 is 2.35 bits per heavy atom. The van der Waals surface area contributed by atoms with E-state index in [1.165, 1.54) is 19.1 Å². The molecule has 0 atom stereocenters. The Balaban J connectivity index is 1.71. The van der Waals surface area contributed by atoms with E-state index >= 15 is 0 Å². The molecule has 3 N–H and O–H groups in total. The molecular formula is C24H23ClFN3O2. The molecule has 0 unspecified atom stereocenters. The van der Waals surface area contributed by atoms with Gasteiger partial charge in [-0.25, -0.2) is 4.39 Å². The quantitative estimate of drug-likeness (QED) is 0.541. The second kappa shape index (κ2) is 8.96. The van der Waals surface area contributed by atoms with Crippen LogP contribution in [0.3, 0.4) is 0 Å². The van der Waals surface area contributed by atoms with Crippen molar-refractivity contribution in [2.75, 3.05) is 36.4 Å². The topological polar surface area (TPSA) is 64.6 Å². The predicted molar refractivity (Wildman–Crippen MR) is 123 cm³/mol. The first-order valence-corrected chi connectivity index (χ1v) is 10.5. The molecule has 3 aromatic carbocycles. The molecule has 1 aliphatic rings. The maximum Gasteiger partial charge on any atom is 0.221 e. The first-order valence-electron chi connectivity index (χ1n) is 10.1. The Labute approximate surface area is 185 Å². The lowest BCUT2D eigenvalue weighted by molar-refractivity contribution is -0.114. The lowest BCUT2D eigenvalue weighted by Crippen LogP contribution is -2.43. The van der Waals surface area contributed by atoms with Gasteiger partial charge in [0.05, 0.1) is 16.4 Å². The van der Waals surface area contributed by atoms with Gasteiger partial charge in [0, 0.05) is 44.2 Å². The normalized spacial score (nSPS) is 13.8. The highest BCUT2D eigenvalue weighted by Gasteiger charge is 2.17. The highest BCUT2D eigenvalue weighted by molar-refractivity contribution is 6.33. The van der Waals surface area contributed by atoms with Crippen molar-refractivity contribution in [3.8, 4) is 28.0 Å². The second-order valence-electron chi connectivity index (χ2n) is 7.48. The average Bonchev–Trinajstić information content (AvgIpc) is 2.76. The van der Waals surface area contributed by atoms with Crippen LogP contribution in [0.4, 0.5) is 15.8 Å². The molecule has 3 aromatic rings. The smallest absolute Gasteiger partial charge is 0.221 e. The van der Waals surface area contributed by atoms with Gasteiger partial charge in [0.25, 0.3) is 0 Å². The summed E-state index contributed by atoms with van der Waals surface area (Å²) in [5.74, 6) is -0.854. The Hall–Kier alpha value is -3.09. The molecular weight excluding hydrogens is 417 g/mol. The van der Waals surface area contributed by atoms with Crippen LogP contribution >= 0.6 is 11.6 Å². The van der Waals surface area contributed by atoms with Gasteiger partial charge in [0.1, 0.15) is 11.6 Å². The maximum atomic E-state index is 14.4. The van der Waals surface area contributed by atoms with E-state index < -0.39 is 5.82 Å². The number of hydrogen-bond donors (Lipinski definition) is 3. The van der Waals surface area contributed by atoms with Gasteiger partial charge >= 0.3 is 0 Å². The molecule has 1 saturated heterocycles. The molecule has 0 radical (unpaired) electrons. The zero-order chi connectivity index (χ0) is 22.0. The maximum absolute atomic E-state index is 14.4. The molecule has 0 aliphatic carbocycles. The number of amides is 1. The summed E-state index contributed by atoms with van der Waals surface area (Å²) >= 11 is 6.46. The van der Waals surface area contributed by atoms with Crippen molar-refractivity contribution in [3.05, 3.63) is 65.4 Å². The minimum atomic E-state index is -0.565. The number of benzene rings is 3. The van der Waals surface area contributed by atoms with E-state index in [4.69, 9.17) is 11.6 Å². The van der Waals surface area contributed by atoms with Crippen LogP contribution in [0.15, 0.2) is 54.6 Å². The highest BCUT2D eigenvalue weighted by atomic mass is 35.5. The predicted octanol–water partition coefficient (Wildman–Crippen LogP) is 4.89. The van der Waals surface area contributed by atoms with Gasteiger partial charge in [-0.1, -0.05) is 41.9 Å². The van der Waals surface area contributed by atoms with E-state index in [2.05, 4.69) is 15.5 Å². The van der Waals surface area contributed by atoms with Crippen LogP contribution in [-0.4, -0.2) is 37.2 Å². The van der Waals surface area contributed by atoms with E-state index in [0.29, 0.717) is 21.7 Å². The van der Waals surface area contributed by atoms with E-state index in [1.54, 1.807) is 12.1 Å². The summed E-state index contributed by atoms with van der Waals surface area (Å²) in [6.07, 6.45) is 0. The second-order valence-corrected chi connectivity index (χ2v) is 7.89. The fourth-order valence-electron chi connectivity index (χ4n) is 3.81. The van der Waals surface area contributed by atoms with Gasteiger partial charge in [-0.05, 0) is 35.4 Å². The molecule has 0 bridgehead atoms. The number of phenols is 1. The molecule has 31 heavy (non-hydrogen) atoms. The van der Waals surface area contributed by atoms with Crippen LogP contribution in [0.2, 0.25) is 5.02 Å². The van der Waals surface area contributed by atoms with Crippen molar-refractivity contribution >= 4 is 28.9 Å². The number of halogens is 2. The first kappa shape index (κ1) is 21.2. The molecule has 1 fully saturated rings. The van der Waals surface area contributed by atoms with Crippen molar-refractivity contribution in [2.45, 2.75) is 6.92 Å². The van der Waals surface area contributed by atoms with Crippen LogP contribution in [0.1, 0.15) is 6.92 Å². The van der Waals surface area contributed by atoms with Crippen molar-refractivity contribution < 1.29 is 14.3 Å². The van der Waals surface area contributed by atoms with Gasteiger partial charge in [0.15, 0.2) is 0 Å². The van der Waals surface area contributed by atoms with Gasteiger partial charge < -0.3 is 20.6 Å². The number of carbonyl (C=O) groups excluding carboxylic acids is 1. The molecule has 0 saturated carbocycles. The third-order valence-corrected chi connectivity index (χ3v) is 5.66. The SMILES string of the molecule is CC(=O)Nc1ccc(-c2cccc(-c3ccc(Cl)c(N4CCNCC4)c3)c2O)cc1F. The number of para-hydroxylation sites is 1. The molecule has 7 heteroatoms. The van der Waals surface area contributed by atoms with Crippen molar-refractivity contribution in [3.63, 3.8) is 0 Å². The van der Waals surface area contributed by atoms with Crippen LogP contribution in [-0.2, 0) is 4.79 Å². The van der Waals surface area contributed by atoms with E-state index in [9.17, 15) is 14.3 Å². The number of anilines is 2. The fourth-order valence-corrected chi connectivity index (χ4v) is 4.05. The largest absolute Gasteiger partial charge is 0.507 e. The van der Waals surface area contributed by atoms with Gasteiger partial charge in [0.2, 0.25) is 5.91 Å². The lowest BCUT2D eigenvalue weighted by Gasteiger charge is -2.30. The summed E-state index contributed by atoms with van der Waals surface area (Å²) < 4.78 is 14.4. The molecule has 0 aromatic heterocycles. The van der Waals surface area contributed by atoms with Crippen molar-refractivity contribution in [2.24, 2.45) is 0 Å². The molecule has 0 spiro atoms. The van der Waals surface area contributed by atoms with Crippen LogP contribution < -0.4 is 15.5 Å². The minimum absolute atomic E-state index is 0.0581. The van der Waals surface area contributed by atoms with Crippen LogP contribution in [0.25, 0.3) is 22.3 Å². The van der Waals surface area contributed by atoms with E-state index in [1.807, 2.05) is 30.3 Å². The molecule has 1 aliphatic heterocycles. The molecule has 1 heterocycles. The number of nitrogens with one attached hydrogen (secondary N) is 2. The Morgan fingerprint density at radius 1 is 1.06 bits per heavy atom. The zero-order valence-electron chi connectivity index (χ0n) is 17.1. The molecule has 1 amide bonds. The Kier molecular flexibility index (Phi) is 6.11. The number of phenolic OH excluding ortho intramolecular Hbond substituents is 1. The summed E-state index contributed by atoms with van der Waals surface area (Å²) in [7, 11) is 0. The van der Waals surface area contributed by atoms with Crippen molar-refractivity contribution in [1.82, 2.24) is 5.32 Å². The Bertz CT molecular complexity index is 1130. The summed E-state index contributed by atoms with van der Waals surface area (Å²) in [4.78, 5) is 13.4. The number of aromatic hydroxyl groups is 1. The van der Waals surface area contributed by atoms with E-state index in [-0.39, 0.29) is 17.3 Å². The first-order chi connectivity index (χ1) is 14.9.